The summed E-state index contributed by atoms with van der Waals surface area (Å²) in [6, 6.07) is 9.15. The first-order chi connectivity index (χ1) is 14.6. The lowest BCUT2D eigenvalue weighted by molar-refractivity contribution is -0.127. The second-order valence-electron chi connectivity index (χ2n) is 7.21. The predicted molar refractivity (Wildman–Crippen MR) is 109 cm³/mol. The Kier molecular flexibility index (Phi) is 6.20. The number of nitrogens with zero attached hydrogens (tertiary/aromatic N) is 4. The first-order valence-electron chi connectivity index (χ1n) is 9.98. The summed E-state index contributed by atoms with van der Waals surface area (Å²) in [7, 11) is 1.63. The normalized spacial score (nSPS) is 17.2. The maximum absolute atomic E-state index is 12.1. The summed E-state index contributed by atoms with van der Waals surface area (Å²) in [5, 5.41) is 7.28. The molecule has 0 bridgehead atoms. The van der Waals surface area contributed by atoms with Crippen molar-refractivity contribution >= 4 is 11.6 Å². The van der Waals surface area contributed by atoms with Crippen LogP contribution in [0.25, 0.3) is 16.9 Å². The van der Waals surface area contributed by atoms with Crippen LogP contribution < -0.4 is 10.1 Å². The summed E-state index contributed by atoms with van der Waals surface area (Å²) in [6.07, 6.45) is 3.74. The van der Waals surface area contributed by atoms with Gasteiger partial charge in [0.2, 0.25) is 5.91 Å². The third-order valence-corrected chi connectivity index (χ3v) is 4.96. The van der Waals surface area contributed by atoms with Crippen LogP contribution in [0.5, 0.6) is 5.75 Å². The number of benzene rings is 1. The molecule has 9 heteroatoms. The minimum absolute atomic E-state index is 0.0132. The number of amides is 1. The number of carbonyl (C=O) groups is 1. The average Bonchev–Trinajstić information content (AvgIpc) is 3.43. The lowest BCUT2D eigenvalue weighted by Gasteiger charge is -2.12. The third-order valence-electron chi connectivity index (χ3n) is 4.96. The van der Waals surface area contributed by atoms with Gasteiger partial charge in [0.15, 0.2) is 11.5 Å². The molecule has 1 aliphatic heterocycles. The number of hydrogen-bond donors (Lipinski definition) is 1. The second-order valence-corrected chi connectivity index (χ2v) is 7.21. The fourth-order valence-electron chi connectivity index (χ4n) is 3.32. The standard InChI is InChI=1S/C21H25N5O4/c1-14(23-20(27)12-29-11-17-4-3-9-30-17)21-24-19-10-18(22-13-26(19)25-21)15-5-7-16(28-2)8-6-15/h5-8,10,13-14,17H,3-4,9,11-12H2,1-2H3,(H,23,27)/t14-,17?/m1/s1. The Morgan fingerprint density at radius 2 is 2.20 bits per heavy atom. The highest BCUT2D eigenvalue weighted by atomic mass is 16.5. The van der Waals surface area contributed by atoms with Gasteiger partial charge in [0, 0.05) is 18.2 Å². The van der Waals surface area contributed by atoms with Gasteiger partial charge < -0.3 is 19.5 Å². The molecule has 3 aromatic rings. The zero-order chi connectivity index (χ0) is 20.9. The number of carbonyl (C=O) groups excluding carboxylic acids is 1. The molecule has 0 aliphatic carbocycles. The van der Waals surface area contributed by atoms with Gasteiger partial charge in [0.25, 0.3) is 0 Å². The van der Waals surface area contributed by atoms with Crippen molar-refractivity contribution in [3.8, 4) is 17.0 Å². The molecule has 0 spiro atoms. The van der Waals surface area contributed by atoms with Crippen LogP contribution >= 0.6 is 0 Å². The molecule has 158 valence electrons. The number of rotatable bonds is 8. The smallest absolute Gasteiger partial charge is 0.246 e. The van der Waals surface area contributed by atoms with E-state index < -0.39 is 0 Å². The largest absolute Gasteiger partial charge is 0.497 e. The number of hydrogen-bond acceptors (Lipinski definition) is 7. The Labute approximate surface area is 174 Å². The van der Waals surface area contributed by atoms with E-state index in [1.54, 1.807) is 18.0 Å². The van der Waals surface area contributed by atoms with Crippen molar-refractivity contribution in [3.05, 3.63) is 42.5 Å². The van der Waals surface area contributed by atoms with Crippen molar-refractivity contribution in [2.75, 3.05) is 26.9 Å². The summed E-state index contributed by atoms with van der Waals surface area (Å²) in [6.45, 7) is 3.03. The van der Waals surface area contributed by atoms with E-state index in [0.717, 1.165) is 36.5 Å². The van der Waals surface area contributed by atoms with E-state index in [0.29, 0.717) is 18.1 Å². The van der Waals surface area contributed by atoms with Crippen molar-refractivity contribution in [3.63, 3.8) is 0 Å². The molecule has 0 radical (unpaired) electrons. The van der Waals surface area contributed by atoms with Crippen LogP contribution in [0.15, 0.2) is 36.7 Å². The van der Waals surface area contributed by atoms with Gasteiger partial charge in [0.1, 0.15) is 18.7 Å². The number of fused-ring (bicyclic) bond motifs is 1. The molecule has 1 unspecified atom stereocenters. The molecule has 4 rings (SSSR count). The highest BCUT2D eigenvalue weighted by Gasteiger charge is 2.18. The predicted octanol–water partition coefficient (Wildman–Crippen LogP) is 2.17. The molecular formula is C21H25N5O4. The fraction of sp³-hybridized carbons (Fsp3) is 0.429. The summed E-state index contributed by atoms with van der Waals surface area (Å²) in [4.78, 5) is 21.1. The van der Waals surface area contributed by atoms with Gasteiger partial charge in [-0.1, -0.05) is 0 Å². The molecule has 0 saturated carbocycles. The van der Waals surface area contributed by atoms with Crippen LogP contribution in [0.2, 0.25) is 0 Å². The Morgan fingerprint density at radius 1 is 1.37 bits per heavy atom. The molecule has 1 amide bonds. The van der Waals surface area contributed by atoms with Gasteiger partial charge in [-0.05, 0) is 44.0 Å². The second kappa shape index (κ2) is 9.19. The maximum Gasteiger partial charge on any atom is 0.246 e. The van der Waals surface area contributed by atoms with E-state index in [4.69, 9.17) is 14.2 Å². The van der Waals surface area contributed by atoms with Crippen LogP contribution in [-0.4, -0.2) is 58.5 Å². The van der Waals surface area contributed by atoms with Crippen LogP contribution in [0.4, 0.5) is 0 Å². The van der Waals surface area contributed by atoms with Crippen LogP contribution in [0.1, 0.15) is 31.6 Å². The van der Waals surface area contributed by atoms with E-state index >= 15 is 0 Å². The molecule has 1 aliphatic rings. The first kappa shape index (κ1) is 20.2. The Bertz CT molecular complexity index is 998. The Balaban J connectivity index is 1.37. The van der Waals surface area contributed by atoms with Gasteiger partial charge in [0.05, 0.1) is 31.6 Å². The summed E-state index contributed by atoms with van der Waals surface area (Å²) in [5.74, 6) is 1.08. The molecular weight excluding hydrogens is 386 g/mol. The summed E-state index contributed by atoms with van der Waals surface area (Å²) >= 11 is 0. The van der Waals surface area contributed by atoms with E-state index in [9.17, 15) is 4.79 Å². The van der Waals surface area contributed by atoms with Crippen LogP contribution in [-0.2, 0) is 14.3 Å². The molecule has 2 aromatic heterocycles. The van der Waals surface area contributed by atoms with Gasteiger partial charge in [-0.25, -0.2) is 14.5 Å². The molecule has 1 aromatic carbocycles. The summed E-state index contributed by atoms with van der Waals surface area (Å²) < 4.78 is 17.7. The molecule has 1 saturated heterocycles. The monoisotopic (exact) mass is 411 g/mol. The minimum Gasteiger partial charge on any atom is -0.497 e. The van der Waals surface area contributed by atoms with E-state index in [1.165, 1.54) is 0 Å². The molecule has 9 nitrogen and oxygen atoms in total. The first-order valence-corrected chi connectivity index (χ1v) is 9.98. The van der Waals surface area contributed by atoms with Crippen LogP contribution in [0.3, 0.4) is 0 Å². The lowest BCUT2D eigenvalue weighted by Crippen LogP contribution is -2.31. The topological polar surface area (TPSA) is 99.9 Å². The molecule has 1 N–H and O–H groups in total. The summed E-state index contributed by atoms with van der Waals surface area (Å²) in [5.41, 5.74) is 2.39. The fourth-order valence-corrected chi connectivity index (χ4v) is 3.32. The van der Waals surface area contributed by atoms with Gasteiger partial charge in [-0.15, -0.1) is 5.10 Å². The van der Waals surface area contributed by atoms with Crippen molar-refractivity contribution in [1.82, 2.24) is 24.9 Å². The Morgan fingerprint density at radius 3 is 2.93 bits per heavy atom. The lowest BCUT2D eigenvalue weighted by atomic mass is 10.1. The van der Waals surface area contributed by atoms with Crippen molar-refractivity contribution < 1.29 is 19.0 Å². The number of aromatic nitrogens is 4. The number of methoxy groups -OCH3 is 1. The number of nitrogens with one attached hydrogen (secondary N) is 1. The average molecular weight is 411 g/mol. The molecule has 30 heavy (non-hydrogen) atoms. The van der Waals surface area contributed by atoms with E-state index in [1.807, 2.05) is 37.3 Å². The molecule has 1 fully saturated rings. The van der Waals surface area contributed by atoms with Gasteiger partial charge in [-0.3, -0.25) is 4.79 Å². The molecule has 3 heterocycles. The van der Waals surface area contributed by atoms with Gasteiger partial charge in [-0.2, -0.15) is 0 Å². The van der Waals surface area contributed by atoms with Gasteiger partial charge >= 0.3 is 0 Å². The Hall–Kier alpha value is -3.04. The zero-order valence-electron chi connectivity index (χ0n) is 17.1. The SMILES string of the molecule is COc1ccc(-c2cc3nc([C@@H](C)NC(=O)COCC4CCCO4)nn3cn2)cc1. The van der Waals surface area contributed by atoms with Crippen molar-refractivity contribution in [2.24, 2.45) is 0 Å². The minimum atomic E-state index is -0.354. The van der Waals surface area contributed by atoms with Crippen LogP contribution in [0, 0.1) is 0 Å². The van der Waals surface area contributed by atoms with Crippen molar-refractivity contribution in [1.29, 1.82) is 0 Å². The maximum atomic E-state index is 12.1. The van der Waals surface area contributed by atoms with E-state index in [2.05, 4.69) is 20.4 Å². The quantitative estimate of drug-likeness (QED) is 0.606. The third kappa shape index (κ3) is 4.74. The van der Waals surface area contributed by atoms with E-state index in [-0.39, 0.29) is 24.7 Å². The zero-order valence-corrected chi connectivity index (χ0v) is 17.1. The van der Waals surface area contributed by atoms with Crippen molar-refractivity contribution in [2.45, 2.75) is 31.9 Å². The highest BCUT2D eigenvalue weighted by molar-refractivity contribution is 5.77. The highest BCUT2D eigenvalue weighted by Crippen LogP contribution is 2.21. The number of ether oxygens (including phenoxy) is 3. The molecule has 2 atom stereocenters.